The first-order chi connectivity index (χ1) is 15.4. The Kier molecular flexibility index (Phi) is 7.14. The Morgan fingerprint density at radius 3 is 2.47 bits per heavy atom. The van der Waals surface area contributed by atoms with Gasteiger partial charge < -0.3 is 4.74 Å². The summed E-state index contributed by atoms with van der Waals surface area (Å²) < 4.78 is 5.30. The highest BCUT2D eigenvalue weighted by molar-refractivity contribution is 6.06. The lowest BCUT2D eigenvalue weighted by Gasteiger charge is -2.32. The number of nitro groups is 1. The zero-order valence-corrected chi connectivity index (χ0v) is 18.3. The minimum Gasteiger partial charge on any atom is -0.463 e. The first-order valence-corrected chi connectivity index (χ1v) is 10.4. The molecule has 1 amide bonds. The van der Waals surface area contributed by atoms with Gasteiger partial charge in [-0.2, -0.15) is 5.10 Å². The zero-order valence-electron chi connectivity index (χ0n) is 18.3. The number of hydrogen-bond acceptors (Lipinski definition) is 6. The first-order valence-electron chi connectivity index (χ1n) is 10.4. The van der Waals surface area contributed by atoms with E-state index in [-0.39, 0.29) is 30.2 Å². The third kappa shape index (κ3) is 4.74. The van der Waals surface area contributed by atoms with E-state index in [9.17, 15) is 19.7 Å². The van der Waals surface area contributed by atoms with Gasteiger partial charge in [-0.3, -0.25) is 14.9 Å². The monoisotopic (exact) mass is 435 g/mol. The van der Waals surface area contributed by atoms with Crippen molar-refractivity contribution < 1.29 is 19.2 Å². The van der Waals surface area contributed by atoms with Crippen LogP contribution in [-0.4, -0.2) is 34.1 Å². The molecule has 2 aromatic carbocycles. The summed E-state index contributed by atoms with van der Waals surface area (Å²) in [6.07, 6.45) is 0.564. The maximum absolute atomic E-state index is 13.1. The molecule has 2 aromatic rings. The lowest BCUT2D eigenvalue weighted by atomic mass is 9.83. The van der Waals surface area contributed by atoms with Crippen molar-refractivity contribution in [3.63, 3.8) is 0 Å². The quantitative estimate of drug-likeness (QED) is 0.365. The van der Waals surface area contributed by atoms with Crippen LogP contribution in [0.5, 0.6) is 0 Å². The largest absolute Gasteiger partial charge is 0.463 e. The van der Waals surface area contributed by atoms with Gasteiger partial charge in [-0.25, -0.2) is 9.80 Å². The Morgan fingerprint density at radius 1 is 1.12 bits per heavy atom. The predicted molar refractivity (Wildman–Crippen MR) is 120 cm³/mol. The van der Waals surface area contributed by atoms with Crippen molar-refractivity contribution in [1.29, 1.82) is 0 Å². The standard InChI is InChI=1S/C24H25N3O5/c1-4-20-23(18-12-9-13-19(15-18)27(30)31)22(24(29)32-5-2)16(3)26(25-20)21(28)14-17-10-7-6-8-11-17/h6-13,15,23H,4-5,14H2,1-3H3. The molecule has 0 N–H and O–H groups in total. The second kappa shape index (κ2) is 10.00. The molecule has 3 rings (SSSR count). The van der Waals surface area contributed by atoms with Gasteiger partial charge in [-0.1, -0.05) is 49.4 Å². The molecule has 32 heavy (non-hydrogen) atoms. The molecule has 1 atom stereocenters. The molecule has 8 nitrogen and oxygen atoms in total. The number of hydrazone groups is 1. The fraction of sp³-hybridized carbons (Fsp3) is 0.292. The minimum atomic E-state index is -0.639. The summed E-state index contributed by atoms with van der Waals surface area (Å²) in [5, 5.41) is 17.1. The molecule has 0 bridgehead atoms. The normalized spacial score (nSPS) is 15.9. The van der Waals surface area contributed by atoms with Crippen LogP contribution in [0.1, 0.15) is 44.2 Å². The van der Waals surface area contributed by atoms with Gasteiger partial charge in [0.25, 0.3) is 11.6 Å². The van der Waals surface area contributed by atoms with Crippen LogP contribution in [0.25, 0.3) is 0 Å². The summed E-state index contributed by atoms with van der Waals surface area (Å²) in [6.45, 7) is 5.38. The topological polar surface area (TPSA) is 102 Å². The SMILES string of the molecule is CCOC(=O)C1=C(C)N(C(=O)Cc2ccccc2)N=C(CC)C1c1cccc([N+](=O)[O-])c1. The number of carbonyl (C=O) groups excluding carboxylic acids is 2. The number of hydrogen-bond donors (Lipinski definition) is 0. The van der Waals surface area contributed by atoms with Crippen LogP contribution in [0.15, 0.2) is 71.0 Å². The summed E-state index contributed by atoms with van der Waals surface area (Å²) in [4.78, 5) is 36.9. The molecule has 1 aliphatic rings. The molecule has 8 heteroatoms. The van der Waals surface area contributed by atoms with Crippen LogP contribution in [0, 0.1) is 10.1 Å². The highest BCUT2D eigenvalue weighted by Gasteiger charge is 2.37. The van der Waals surface area contributed by atoms with Crippen molar-refractivity contribution in [2.45, 2.75) is 39.5 Å². The predicted octanol–water partition coefficient (Wildman–Crippen LogP) is 4.37. The molecule has 0 saturated heterocycles. The van der Waals surface area contributed by atoms with Gasteiger partial charge in [-0.05, 0) is 31.4 Å². The van der Waals surface area contributed by atoms with Crippen molar-refractivity contribution in [1.82, 2.24) is 5.01 Å². The van der Waals surface area contributed by atoms with E-state index < -0.39 is 16.8 Å². The van der Waals surface area contributed by atoms with Gasteiger partial charge in [0, 0.05) is 12.1 Å². The number of nitrogens with zero attached hydrogens (tertiary/aromatic N) is 3. The molecule has 0 aliphatic carbocycles. The first kappa shape index (κ1) is 22.9. The number of esters is 1. The maximum Gasteiger partial charge on any atom is 0.336 e. The molecule has 1 unspecified atom stereocenters. The molecule has 1 aliphatic heterocycles. The fourth-order valence-corrected chi connectivity index (χ4v) is 3.77. The number of nitro benzene ring substituents is 1. The van der Waals surface area contributed by atoms with Crippen LogP contribution in [0.2, 0.25) is 0 Å². The second-order valence-corrected chi connectivity index (χ2v) is 7.32. The molecule has 1 heterocycles. The summed E-state index contributed by atoms with van der Waals surface area (Å²) in [6, 6.07) is 15.4. The molecular formula is C24H25N3O5. The van der Waals surface area contributed by atoms with Gasteiger partial charge in [0.1, 0.15) is 0 Å². The summed E-state index contributed by atoms with van der Waals surface area (Å²) >= 11 is 0. The van der Waals surface area contributed by atoms with Crippen molar-refractivity contribution >= 4 is 23.3 Å². The number of benzene rings is 2. The fourth-order valence-electron chi connectivity index (χ4n) is 3.77. The number of rotatable bonds is 7. The highest BCUT2D eigenvalue weighted by atomic mass is 16.6. The van der Waals surface area contributed by atoms with Crippen LogP contribution >= 0.6 is 0 Å². The summed E-state index contributed by atoms with van der Waals surface area (Å²) in [7, 11) is 0. The number of amides is 1. The van der Waals surface area contributed by atoms with Crippen molar-refractivity contribution in [2.75, 3.05) is 6.61 Å². The van der Waals surface area contributed by atoms with Crippen LogP contribution in [0.4, 0.5) is 5.69 Å². The number of ether oxygens (including phenoxy) is 1. The van der Waals surface area contributed by atoms with E-state index in [2.05, 4.69) is 5.10 Å². The molecule has 166 valence electrons. The third-order valence-electron chi connectivity index (χ3n) is 5.26. The van der Waals surface area contributed by atoms with Crippen LogP contribution < -0.4 is 0 Å². The van der Waals surface area contributed by atoms with E-state index in [1.54, 1.807) is 26.0 Å². The van der Waals surface area contributed by atoms with E-state index in [1.807, 2.05) is 37.3 Å². The van der Waals surface area contributed by atoms with Crippen molar-refractivity contribution in [2.24, 2.45) is 5.10 Å². The summed E-state index contributed by atoms with van der Waals surface area (Å²) in [5.74, 6) is -1.49. The third-order valence-corrected chi connectivity index (χ3v) is 5.26. The van der Waals surface area contributed by atoms with E-state index in [0.29, 0.717) is 23.4 Å². The lowest BCUT2D eigenvalue weighted by Crippen LogP contribution is -2.37. The molecular weight excluding hydrogens is 410 g/mol. The minimum absolute atomic E-state index is 0.0820. The Hall–Kier alpha value is -3.81. The second-order valence-electron chi connectivity index (χ2n) is 7.32. The van der Waals surface area contributed by atoms with E-state index >= 15 is 0 Å². The number of non-ortho nitro benzene ring substituents is 1. The average molecular weight is 435 g/mol. The Bertz CT molecular complexity index is 1090. The van der Waals surface area contributed by atoms with Crippen molar-refractivity contribution in [3.8, 4) is 0 Å². The number of carbonyl (C=O) groups is 2. The van der Waals surface area contributed by atoms with E-state index in [4.69, 9.17) is 4.74 Å². The van der Waals surface area contributed by atoms with E-state index in [0.717, 1.165) is 5.56 Å². The zero-order chi connectivity index (χ0) is 23.3. The van der Waals surface area contributed by atoms with Crippen molar-refractivity contribution in [3.05, 3.63) is 87.1 Å². The summed E-state index contributed by atoms with van der Waals surface area (Å²) in [5.41, 5.74) is 2.48. The van der Waals surface area contributed by atoms with Gasteiger partial charge in [0.15, 0.2) is 0 Å². The lowest BCUT2D eigenvalue weighted by molar-refractivity contribution is -0.384. The molecule has 0 aromatic heterocycles. The van der Waals surface area contributed by atoms with Gasteiger partial charge in [0.2, 0.25) is 0 Å². The molecule has 0 saturated carbocycles. The molecule has 0 fully saturated rings. The average Bonchev–Trinajstić information content (AvgIpc) is 2.79. The van der Waals surface area contributed by atoms with Gasteiger partial charge in [-0.15, -0.1) is 0 Å². The smallest absolute Gasteiger partial charge is 0.336 e. The maximum atomic E-state index is 13.1. The Labute approximate surface area is 186 Å². The molecule has 0 spiro atoms. The molecule has 0 radical (unpaired) electrons. The van der Waals surface area contributed by atoms with Crippen LogP contribution in [0.3, 0.4) is 0 Å². The van der Waals surface area contributed by atoms with Gasteiger partial charge >= 0.3 is 5.97 Å². The number of allylic oxidation sites excluding steroid dienone is 1. The highest BCUT2D eigenvalue weighted by Crippen LogP contribution is 2.37. The Balaban J connectivity index is 2.09. The van der Waals surface area contributed by atoms with Gasteiger partial charge in [0.05, 0.1) is 40.9 Å². The van der Waals surface area contributed by atoms with E-state index in [1.165, 1.54) is 17.1 Å². The van der Waals surface area contributed by atoms with Crippen LogP contribution in [-0.2, 0) is 20.7 Å². The Morgan fingerprint density at radius 2 is 1.84 bits per heavy atom.